The molecule has 9 N–H and O–H groups in total. The summed E-state index contributed by atoms with van der Waals surface area (Å²) in [6.07, 6.45) is -0.337. The topological polar surface area (TPSA) is 224 Å². The second-order valence-corrected chi connectivity index (χ2v) is 8.00. The predicted octanol–water partition coefficient (Wildman–Crippen LogP) is -1.55. The Morgan fingerprint density at radius 3 is 2.31 bits per heavy atom. The van der Waals surface area contributed by atoms with E-state index in [-0.39, 0.29) is 12.8 Å². The van der Waals surface area contributed by atoms with E-state index in [0.717, 1.165) is 16.5 Å². The number of hydrogen-bond acceptors (Lipinski definition) is 7. The van der Waals surface area contributed by atoms with E-state index in [2.05, 4.69) is 15.6 Å². The van der Waals surface area contributed by atoms with Gasteiger partial charge in [0.05, 0.1) is 12.1 Å². The number of benzene rings is 1. The molecule has 0 aliphatic carbocycles. The van der Waals surface area contributed by atoms with Crippen molar-refractivity contribution in [3.8, 4) is 0 Å². The SMILES string of the molecule is CC(O)C(NC(=O)C(CCC(=O)O)NC(=O)C(N)Cc1c[nH]c2ccccc12)C(=O)NCC(=O)O. The molecule has 0 spiro atoms. The average molecular weight is 492 g/mol. The van der Waals surface area contributed by atoms with Crippen LogP contribution in [0.2, 0.25) is 0 Å². The number of carbonyl (C=O) groups is 5. The number of para-hydroxylation sites is 1. The van der Waals surface area contributed by atoms with E-state index in [9.17, 15) is 29.1 Å². The summed E-state index contributed by atoms with van der Waals surface area (Å²) >= 11 is 0. The van der Waals surface area contributed by atoms with Crippen LogP contribution in [0, 0.1) is 0 Å². The molecule has 35 heavy (non-hydrogen) atoms. The minimum atomic E-state index is -1.54. The number of aromatic amines is 1. The number of carbonyl (C=O) groups excluding carboxylic acids is 3. The lowest BCUT2D eigenvalue weighted by Gasteiger charge is -2.25. The van der Waals surface area contributed by atoms with Gasteiger partial charge in [-0.1, -0.05) is 18.2 Å². The molecule has 13 heteroatoms. The second kappa shape index (κ2) is 12.5. The zero-order valence-corrected chi connectivity index (χ0v) is 19.0. The number of nitrogens with one attached hydrogen (secondary N) is 4. The van der Waals surface area contributed by atoms with Gasteiger partial charge < -0.3 is 42.0 Å². The van der Waals surface area contributed by atoms with Crippen LogP contribution in [0.15, 0.2) is 30.5 Å². The molecule has 2 aromatic rings. The normalized spacial score (nSPS) is 14.4. The molecule has 2 rings (SSSR count). The summed E-state index contributed by atoms with van der Waals surface area (Å²) in [5.41, 5.74) is 7.67. The molecule has 0 aliphatic heterocycles. The zero-order valence-electron chi connectivity index (χ0n) is 19.0. The summed E-state index contributed by atoms with van der Waals surface area (Å²) in [4.78, 5) is 62.5. The molecule has 0 fully saturated rings. The van der Waals surface area contributed by atoms with Gasteiger partial charge in [0.2, 0.25) is 17.7 Å². The third kappa shape index (κ3) is 8.08. The number of hydrogen-bond donors (Lipinski definition) is 8. The third-order valence-corrected chi connectivity index (χ3v) is 5.21. The number of carboxylic acid groups (broad SMARTS) is 2. The van der Waals surface area contributed by atoms with E-state index < -0.39 is 66.9 Å². The van der Waals surface area contributed by atoms with Crippen molar-refractivity contribution in [1.29, 1.82) is 0 Å². The minimum Gasteiger partial charge on any atom is -0.481 e. The van der Waals surface area contributed by atoms with Crippen molar-refractivity contribution in [3.63, 3.8) is 0 Å². The molecule has 4 unspecified atom stereocenters. The molecule has 13 nitrogen and oxygen atoms in total. The van der Waals surface area contributed by atoms with Gasteiger partial charge >= 0.3 is 11.9 Å². The fourth-order valence-corrected chi connectivity index (χ4v) is 3.38. The maximum atomic E-state index is 12.8. The lowest BCUT2D eigenvalue weighted by Crippen LogP contribution is -2.58. The Labute approximate surface area is 200 Å². The Balaban J connectivity index is 2.10. The number of aliphatic hydroxyl groups excluding tert-OH is 1. The summed E-state index contributed by atoms with van der Waals surface area (Å²) in [7, 11) is 0. The van der Waals surface area contributed by atoms with Crippen molar-refractivity contribution in [2.45, 2.75) is 50.4 Å². The van der Waals surface area contributed by atoms with E-state index in [1.54, 1.807) is 6.20 Å². The van der Waals surface area contributed by atoms with Gasteiger partial charge in [-0.2, -0.15) is 0 Å². The quantitative estimate of drug-likeness (QED) is 0.162. The number of aliphatic hydroxyl groups is 1. The van der Waals surface area contributed by atoms with E-state index in [0.29, 0.717) is 0 Å². The lowest BCUT2D eigenvalue weighted by atomic mass is 10.0. The van der Waals surface area contributed by atoms with Gasteiger partial charge in [0.15, 0.2) is 0 Å². The Kier molecular flexibility index (Phi) is 9.73. The second-order valence-electron chi connectivity index (χ2n) is 8.00. The highest BCUT2D eigenvalue weighted by molar-refractivity contribution is 5.94. The number of aliphatic carboxylic acids is 2. The minimum absolute atomic E-state index is 0.136. The molecule has 190 valence electrons. The van der Waals surface area contributed by atoms with Crippen LogP contribution < -0.4 is 21.7 Å². The number of amides is 3. The Bertz CT molecular complexity index is 1080. The largest absolute Gasteiger partial charge is 0.481 e. The van der Waals surface area contributed by atoms with Crippen LogP contribution in [0.5, 0.6) is 0 Å². The summed E-state index contributed by atoms with van der Waals surface area (Å²) in [5.74, 6) is -5.16. The van der Waals surface area contributed by atoms with E-state index in [1.165, 1.54) is 6.92 Å². The van der Waals surface area contributed by atoms with Crippen molar-refractivity contribution in [1.82, 2.24) is 20.9 Å². The molecule has 3 amide bonds. The van der Waals surface area contributed by atoms with Crippen LogP contribution in [0.1, 0.15) is 25.3 Å². The average Bonchev–Trinajstić information content (AvgIpc) is 3.20. The summed E-state index contributed by atoms with van der Waals surface area (Å²) in [5, 5.41) is 35.1. The summed E-state index contributed by atoms with van der Waals surface area (Å²) < 4.78 is 0. The highest BCUT2D eigenvalue weighted by Crippen LogP contribution is 2.18. The molecule has 1 aromatic heterocycles. The van der Waals surface area contributed by atoms with Crippen molar-refractivity contribution in [2.24, 2.45) is 5.73 Å². The number of aromatic nitrogens is 1. The van der Waals surface area contributed by atoms with E-state index in [4.69, 9.17) is 15.9 Å². The summed E-state index contributed by atoms with van der Waals surface area (Å²) in [6.45, 7) is 0.465. The molecule has 1 aromatic carbocycles. The Morgan fingerprint density at radius 1 is 1.00 bits per heavy atom. The summed E-state index contributed by atoms with van der Waals surface area (Å²) in [6, 6.07) is 3.43. The number of fused-ring (bicyclic) bond motifs is 1. The van der Waals surface area contributed by atoms with Gasteiger partial charge in [-0.25, -0.2) is 0 Å². The fraction of sp³-hybridized carbons (Fsp3) is 0.409. The first kappa shape index (κ1) is 27.3. The molecule has 0 radical (unpaired) electrons. The van der Waals surface area contributed by atoms with Gasteiger partial charge in [0, 0.05) is 23.5 Å². The van der Waals surface area contributed by atoms with Gasteiger partial charge in [0.25, 0.3) is 0 Å². The maximum Gasteiger partial charge on any atom is 0.322 e. The molecule has 4 atom stereocenters. The van der Waals surface area contributed by atoms with E-state index in [1.807, 2.05) is 29.6 Å². The monoisotopic (exact) mass is 491 g/mol. The molecule has 0 saturated heterocycles. The number of H-pyrrole nitrogens is 1. The number of carboxylic acids is 2. The van der Waals surface area contributed by atoms with Gasteiger partial charge in [-0.15, -0.1) is 0 Å². The first-order valence-corrected chi connectivity index (χ1v) is 10.8. The lowest BCUT2D eigenvalue weighted by molar-refractivity contribution is -0.139. The molecular formula is C22H29N5O8. The van der Waals surface area contributed by atoms with Crippen LogP contribution in [0.25, 0.3) is 10.9 Å². The van der Waals surface area contributed by atoms with E-state index >= 15 is 0 Å². The molecule has 1 heterocycles. The van der Waals surface area contributed by atoms with Gasteiger partial charge in [-0.05, 0) is 31.4 Å². The molecule has 0 aliphatic rings. The molecule has 0 saturated carbocycles. The van der Waals surface area contributed by atoms with Crippen molar-refractivity contribution >= 4 is 40.6 Å². The molecular weight excluding hydrogens is 462 g/mol. The van der Waals surface area contributed by atoms with Crippen LogP contribution in [0.3, 0.4) is 0 Å². The van der Waals surface area contributed by atoms with Crippen molar-refractivity contribution in [3.05, 3.63) is 36.0 Å². The highest BCUT2D eigenvalue weighted by Gasteiger charge is 2.31. The first-order valence-electron chi connectivity index (χ1n) is 10.8. The maximum absolute atomic E-state index is 12.8. The van der Waals surface area contributed by atoms with Gasteiger partial charge in [0.1, 0.15) is 18.6 Å². The number of nitrogens with two attached hydrogens (primary N) is 1. The zero-order chi connectivity index (χ0) is 26.1. The molecule has 0 bridgehead atoms. The van der Waals surface area contributed by atoms with Gasteiger partial charge in [-0.3, -0.25) is 24.0 Å². The number of rotatable bonds is 13. The first-order chi connectivity index (χ1) is 16.5. The smallest absolute Gasteiger partial charge is 0.322 e. The Morgan fingerprint density at radius 2 is 1.69 bits per heavy atom. The predicted molar refractivity (Wildman–Crippen MR) is 123 cm³/mol. The van der Waals surface area contributed by atoms with Crippen molar-refractivity contribution < 1.29 is 39.3 Å². The Hall–Kier alpha value is -3.97. The van der Waals surface area contributed by atoms with Crippen LogP contribution in [-0.2, 0) is 30.4 Å². The van der Waals surface area contributed by atoms with Crippen LogP contribution in [0.4, 0.5) is 0 Å². The fourth-order valence-electron chi connectivity index (χ4n) is 3.38. The standard InChI is InChI=1S/C22H29N5O8/c1-11(28)19(22(35)25-10-18(31)32)27-21(34)16(6-7-17(29)30)26-20(33)14(23)8-12-9-24-15-5-3-2-4-13(12)15/h2-5,9,11,14,16,19,24,28H,6-8,10,23H2,1H3,(H,25,35)(H,26,33)(H,27,34)(H,29,30)(H,31,32). The van der Waals surface area contributed by atoms with Crippen LogP contribution in [-0.4, -0.2) is 80.7 Å². The van der Waals surface area contributed by atoms with Crippen molar-refractivity contribution in [2.75, 3.05) is 6.54 Å². The third-order valence-electron chi connectivity index (χ3n) is 5.21. The van der Waals surface area contributed by atoms with Crippen LogP contribution >= 0.6 is 0 Å². The highest BCUT2D eigenvalue weighted by atomic mass is 16.4.